The quantitative estimate of drug-likeness (QED) is 0.546. The molecular formula is C18H36O5. The van der Waals surface area contributed by atoms with Crippen molar-refractivity contribution in [3.05, 3.63) is 0 Å². The summed E-state index contributed by atoms with van der Waals surface area (Å²) in [5, 5.41) is 7.00. The van der Waals surface area contributed by atoms with Crippen molar-refractivity contribution in [1.82, 2.24) is 0 Å². The van der Waals surface area contributed by atoms with Gasteiger partial charge in [0.2, 0.25) is 0 Å². The Balaban J connectivity index is 0.000000574. The lowest BCUT2D eigenvalue weighted by Crippen LogP contribution is -2.44. The van der Waals surface area contributed by atoms with Crippen molar-refractivity contribution in [2.45, 2.75) is 59.3 Å². The van der Waals surface area contributed by atoms with Crippen molar-refractivity contribution < 1.29 is 24.1 Å². The van der Waals surface area contributed by atoms with Crippen LogP contribution in [0.15, 0.2) is 0 Å². The van der Waals surface area contributed by atoms with E-state index in [1.165, 1.54) is 19.3 Å². The van der Waals surface area contributed by atoms with Crippen LogP contribution >= 0.6 is 0 Å². The summed E-state index contributed by atoms with van der Waals surface area (Å²) < 4.78 is 15.2. The molecule has 2 saturated heterocycles. The highest BCUT2D eigenvalue weighted by Gasteiger charge is 2.34. The second-order valence-corrected chi connectivity index (χ2v) is 6.77. The zero-order chi connectivity index (χ0) is 17.6. The van der Waals surface area contributed by atoms with Gasteiger partial charge in [-0.2, -0.15) is 0 Å². The van der Waals surface area contributed by atoms with Crippen LogP contribution in [0.5, 0.6) is 0 Å². The zero-order valence-corrected chi connectivity index (χ0v) is 15.4. The van der Waals surface area contributed by atoms with Gasteiger partial charge in [-0.25, -0.2) is 0 Å². The summed E-state index contributed by atoms with van der Waals surface area (Å²) >= 11 is 0. The molecule has 0 aliphatic carbocycles. The smallest absolute Gasteiger partial charge is 0.305 e. The van der Waals surface area contributed by atoms with Crippen LogP contribution in [-0.2, 0) is 19.0 Å². The number of carbonyl (C=O) groups is 1. The van der Waals surface area contributed by atoms with Crippen molar-refractivity contribution in [3.63, 3.8) is 0 Å². The van der Waals surface area contributed by atoms with E-state index in [1.54, 1.807) is 0 Å². The van der Waals surface area contributed by atoms with Crippen molar-refractivity contribution in [2.75, 3.05) is 40.1 Å². The molecule has 0 spiro atoms. The summed E-state index contributed by atoms with van der Waals surface area (Å²) in [4.78, 5) is 11.4. The van der Waals surface area contributed by atoms with Crippen molar-refractivity contribution >= 4 is 5.97 Å². The first-order valence-electron chi connectivity index (χ1n) is 8.81. The van der Waals surface area contributed by atoms with Gasteiger partial charge in [0.1, 0.15) is 6.61 Å². The standard InChI is InChI=1S/C13H24O3.C4H8O.CH4O/c1-3-4-5-6-7-8-12(14)16-11-13(2)9-15-10-13;1-4-2-5-3-4;1-2/h3-11H2,1-2H3;4H,2-3H2,1H3;2H,1H3. The lowest BCUT2D eigenvalue weighted by atomic mass is 9.90. The van der Waals surface area contributed by atoms with Crippen LogP contribution in [0.4, 0.5) is 0 Å². The number of rotatable bonds is 8. The summed E-state index contributed by atoms with van der Waals surface area (Å²) in [5.41, 5.74) is 0.0812. The largest absolute Gasteiger partial charge is 0.465 e. The molecule has 0 atom stereocenters. The van der Waals surface area contributed by atoms with E-state index in [0.29, 0.717) is 13.0 Å². The molecule has 0 aromatic heterocycles. The molecule has 2 aliphatic rings. The van der Waals surface area contributed by atoms with Crippen LogP contribution in [0.1, 0.15) is 59.3 Å². The number of hydrogen-bond acceptors (Lipinski definition) is 5. The van der Waals surface area contributed by atoms with Gasteiger partial charge in [0, 0.05) is 24.9 Å². The van der Waals surface area contributed by atoms with Gasteiger partial charge in [-0.15, -0.1) is 0 Å². The van der Waals surface area contributed by atoms with Crippen LogP contribution in [-0.4, -0.2) is 51.2 Å². The first-order valence-corrected chi connectivity index (χ1v) is 8.81. The van der Waals surface area contributed by atoms with Gasteiger partial charge in [-0.05, 0) is 6.42 Å². The SMILES string of the molecule is CC1COC1.CCCCCCCC(=O)OCC1(C)COC1.CO. The summed E-state index contributed by atoms with van der Waals surface area (Å²) in [6.45, 7) is 10.4. The molecule has 138 valence electrons. The normalized spacial score (nSPS) is 18.3. The van der Waals surface area contributed by atoms with E-state index in [1.807, 2.05) is 0 Å². The second kappa shape index (κ2) is 13.8. The minimum atomic E-state index is -0.0513. The van der Waals surface area contributed by atoms with E-state index in [2.05, 4.69) is 20.8 Å². The topological polar surface area (TPSA) is 65.0 Å². The van der Waals surface area contributed by atoms with Gasteiger partial charge in [-0.1, -0.05) is 46.5 Å². The number of aliphatic hydroxyl groups excluding tert-OH is 1. The predicted molar refractivity (Wildman–Crippen MR) is 91.4 cm³/mol. The summed E-state index contributed by atoms with van der Waals surface area (Å²) in [5.74, 6) is 0.791. The van der Waals surface area contributed by atoms with Crippen LogP contribution in [0, 0.1) is 11.3 Å². The molecule has 5 heteroatoms. The molecule has 2 rings (SSSR count). The van der Waals surface area contributed by atoms with E-state index in [4.69, 9.17) is 19.3 Å². The maximum absolute atomic E-state index is 11.4. The molecule has 2 fully saturated rings. The molecule has 0 bridgehead atoms. The summed E-state index contributed by atoms with van der Waals surface area (Å²) in [6.07, 6.45) is 6.42. The Morgan fingerprint density at radius 2 is 1.70 bits per heavy atom. The van der Waals surface area contributed by atoms with E-state index in [-0.39, 0.29) is 11.4 Å². The van der Waals surface area contributed by atoms with E-state index in [0.717, 1.165) is 52.3 Å². The molecule has 23 heavy (non-hydrogen) atoms. The third kappa shape index (κ3) is 11.5. The Labute approximate surface area is 141 Å². The highest BCUT2D eigenvalue weighted by Crippen LogP contribution is 2.26. The molecule has 2 heterocycles. The zero-order valence-electron chi connectivity index (χ0n) is 15.4. The molecule has 2 aliphatic heterocycles. The van der Waals surface area contributed by atoms with Gasteiger partial charge in [0.25, 0.3) is 0 Å². The highest BCUT2D eigenvalue weighted by atomic mass is 16.5. The molecule has 0 saturated carbocycles. The molecular weight excluding hydrogens is 296 g/mol. The highest BCUT2D eigenvalue weighted by molar-refractivity contribution is 5.69. The maximum atomic E-state index is 11.4. The monoisotopic (exact) mass is 332 g/mol. The average molecular weight is 332 g/mol. The molecule has 1 N–H and O–H groups in total. The van der Waals surface area contributed by atoms with Crippen LogP contribution in [0.3, 0.4) is 0 Å². The molecule has 0 aromatic rings. The first kappa shape index (κ1) is 22.4. The third-order valence-electron chi connectivity index (χ3n) is 3.77. The number of aliphatic hydroxyl groups is 1. The number of ether oxygens (including phenoxy) is 3. The van der Waals surface area contributed by atoms with Gasteiger partial charge in [-0.3, -0.25) is 4.79 Å². The van der Waals surface area contributed by atoms with Crippen LogP contribution < -0.4 is 0 Å². The van der Waals surface area contributed by atoms with Crippen molar-refractivity contribution in [3.8, 4) is 0 Å². The van der Waals surface area contributed by atoms with Gasteiger partial charge < -0.3 is 19.3 Å². The van der Waals surface area contributed by atoms with Crippen molar-refractivity contribution in [1.29, 1.82) is 0 Å². The lowest BCUT2D eigenvalue weighted by Gasteiger charge is -2.37. The summed E-state index contributed by atoms with van der Waals surface area (Å²) in [6, 6.07) is 0. The van der Waals surface area contributed by atoms with Gasteiger partial charge in [0.15, 0.2) is 0 Å². The van der Waals surface area contributed by atoms with Gasteiger partial charge in [0.05, 0.1) is 26.4 Å². The number of carbonyl (C=O) groups excluding carboxylic acids is 1. The van der Waals surface area contributed by atoms with E-state index in [9.17, 15) is 4.79 Å². The minimum absolute atomic E-state index is 0.0513. The molecule has 0 aromatic carbocycles. The Bertz CT molecular complexity index is 285. The van der Waals surface area contributed by atoms with Crippen LogP contribution in [0.25, 0.3) is 0 Å². The first-order chi connectivity index (χ1) is 11.1. The molecule has 0 unspecified atom stereocenters. The third-order valence-corrected chi connectivity index (χ3v) is 3.77. The average Bonchev–Trinajstić information content (AvgIpc) is 2.51. The molecule has 0 amide bonds. The van der Waals surface area contributed by atoms with Gasteiger partial charge >= 0.3 is 5.97 Å². The lowest BCUT2D eigenvalue weighted by molar-refractivity contribution is -0.165. The number of unbranched alkanes of at least 4 members (excludes halogenated alkanes) is 4. The molecule has 0 radical (unpaired) electrons. The minimum Gasteiger partial charge on any atom is -0.465 e. The predicted octanol–water partition coefficient (Wildman–Crippen LogP) is 3.19. The number of hydrogen-bond donors (Lipinski definition) is 1. The Morgan fingerprint density at radius 3 is 2.09 bits per heavy atom. The Kier molecular flexibility index (Phi) is 13.4. The fourth-order valence-electron chi connectivity index (χ4n) is 2.09. The summed E-state index contributed by atoms with van der Waals surface area (Å²) in [7, 11) is 1.00. The van der Waals surface area contributed by atoms with E-state index < -0.39 is 0 Å². The fourth-order valence-corrected chi connectivity index (χ4v) is 2.09. The second-order valence-electron chi connectivity index (χ2n) is 6.77. The molecule has 5 nitrogen and oxygen atoms in total. The Hall–Kier alpha value is -0.650. The van der Waals surface area contributed by atoms with E-state index >= 15 is 0 Å². The fraction of sp³-hybridized carbons (Fsp3) is 0.944. The maximum Gasteiger partial charge on any atom is 0.305 e. The van der Waals surface area contributed by atoms with Crippen molar-refractivity contribution in [2.24, 2.45) is 11.3 Å². The van der Waals surface area contributed by atoms with Crippen LogP contribution in [0.2, 0.25) is 0 Å². The Morgan fingerprint density at radius 1 is 1.13 bits per heavy atom. The number of esters is 1.